The number of anilines is 1. The normalized spacial score (nSPS) is 19.3. The first-order chi connectivity index (χ1) is 12.1. The highest BCUT2D eigenvalue weighted by Crippen LogP contribution is 2.34. The lowest BCUT2D eigenvalue weighted by Gasteiger charge is -2.36. The molecule has 0 radical (unpaired) electrons. The number of aryl methyl sites for hydroxylation is 1. The zero-order valence-corrected chi connectivity index (χ0v) is 14.1. The molecule has 1 aliphatic rings. The number of pyridine rings is 1. The van der Waals surface area contributed by atoms with Gasteiger partial charge in [0.1, 0.15) is 17.7 Å². The molecular formula is C19H21FN4O. The molecule has 0 saturated carbocycles. The van der Waals surface area contributed by atoms with E-state index < -0.39 is 6.10 Å². The molecule has 4 rings (SSSR count). The Morgan fingerprint density at radius 2 is 2.12 bits per heavy atom. The van der Waals surface area contributed by atoms with Gasteiger partial charge < -0.3 is 14.6 Å². The second kappa shape index (κ2) is 6.44. The van der Waals surface area contributed by atoms with Crippen molar-refractivity contribution >= 4 is 16.6 Å². The summed E-state index contributed by atoms with van der Waals surface area (Å²) in [7, 11) is 1.90. The van der Waals surface area contributed by atoms with Crippen molar-refractivity contribution in [3.63, 3.8) is 0 Å². The maximum atomic E-state index is 13.5. The lowest BCUT2D eigenvalue weighted by molar-refractivity contribution is 0.0875. The van der Waals surface area contributed by atoms with Crippen molar-refractivity contribution < 1.29 is 9.50 Å². The van der Waals surface area contributed by atoms with E-state index in [9.17, 15) is 9.50 Å². The number of aromatic nitrogens is 3. The molecule has 5 nitrogen and oxygen atoms in total. The Morgan fingerprint density at radius 1 is 1.24 bits per heavy atom. The molecule has 1 aliphatic heterocycles. The van der Waals surface area contributed by atoms with Gasteiger partial charge in [-0.3, -0.25) is 4.98 Å². The van der Waals surface area contributed by atoms with Crippen molar-refractivity contribution in [2.75, 3.05) is 18.0 Å². The van der Waals surface area contributed by atoms with Gasteiger partial charge in [0.15, 0.2) is 0 Å². The van der Waals surface area contributed by atoms with Crippen LogP contribution in [0.15, 0.2) is 42.9 Å². The molecule has 2 unspecified atom stereocenters. The minimum atomic E-state index is -0.589. The van der Waals surface area contributed by atoms with Gasteiger partial charge in [-0.1, -0.05) is 0 Å². The molecular weight excluding hydrogens is 319 g/mol. The molecule has 0 aliphatic carbocycles. The summed E-state index contributed by atoms with van der Waals surface area (Å²) < 4.78 is 15.3. The van der Waals surface area contributed by atoms with Crippen molar-refractivity contribution in [1.29, 1.82) is 0 Å². The second-order valence-corrected chi connectivity index (χ2v) is 6.68. The number of benzene rings is 1. The molecule has 2 aromatic heterocycles. The summed E-state index contributed by atoms with van der Waals surface area (Å²) in [4.78, 5) is 10.8. The third kappa shape index (κ3) is 2.98. The van der Waals surface area contributed by atoms with Crippen LogP contribution in [0.25, 0.3) is 10.9 Å². The number of piperidine rings is 1. The van der Waals surface area contributed by atoms with Crippen LogP contribution in [0.3, 0.4) is 0 Å². The Labute approximate surface area is 145 Å². The van der Waals surface area contributed by atoms with E-state index in [2.05, 4.69) is 14.9 Å². The number of rotatable bonds is 3. The van der Waals surface area contributed by atoms with Gasteiger partial charge in [-0.2, -0.15) is 0 Å². The van der Waals surface area contributed by atoms with E-state index in [1.807, 2.05) is 23.9 Å². The smallest absolute Gasteiger partial charge is 0.137 e. The lowest BCUT2D eigenvalue weighted by Crippen LogP contribution is -2.38. The van der Waals surface area contributed by atoms with Gasteiger partial charge in [0.2, 0.25) is 0 Å². The summed E-state index contributed by atoms with van der Waals surface area (Å²) in [6.07, 6.45) is 6.65. The molecule has 1 N–H and O–H groups in total. The van der Waals surface area contributed by atoms with Crippen LogP contribution < -0.4 is 4.90 Å². The number of hydrogen-bond donors (Lipinski definition) is 1. The molecule has 0 bridgehead atoms. The molecule has 1 saturated heterocycles. The van der Waals surface area contributed by atoms with Gasteiger partial charge >= 0.3 is 0 Å². The molecule has 130 valence electrons. The summed E-state index contributed by atoms with van der Waals surface area (Å²) in [6.45, 7) is 1.66. The summed E-state index contributed by atoms with van der Waals surface area (Å²) in [5.74, 6) is 0.533. The van der Waals surface area contributed by atoms with Crippen molar-refractivity contribution in [2.24, 2.45) is 13.0 Å². The fraction of sp³-hybridized carbons (Fsp3) is 0.368. The number of halogens is 1. The van der Waals surface area contributed by atoms with Crippen molar-refractivity contribution in [2.45, 2.75) is 18.9 Å². The van der Waals surface area contributed by atoms with E-state index in [0.29, 0.717) is 11.3 Å². The average molecular weight is 340 g/mol. The number of fused-ring (bicyclic) bond motifs is 1. The van der Waals surface area contributed by atoms with E-state index in [0.717, 1.165) is 37.0 Å². The van der Waals surface area contributed by atoms with Crippen LogP contribution in [-0.4, -0.2) is 32.7 Å². The predicted molar refractivity (Wildman–Crippen MR) is 94.8 cm³/mol. The van der Waals surface area contributed by atoms with Crippen LogP contribution >= 0.6 is 0 Å². The number of nitrogens with zero attached hydrogens (tertiary/aromatic N) is 4. The standard InChI is InChI=1S/C19H21FN4O/c1-23-10-8-22-19(23)18(25)13-3-2-9-24(12-13)17-6-7-21-16-11-14(20)4-5-15(16)17/h4-8,10-11,13,18,25H,2-3,9,12H2,1H3. The fourth-order valence-corrected chi connectivity index (χ4v) is 3.74. The quantitative estimate of drug-likeness (QED) is 0.796. The number of imidazole rings is 1. The largest absolute Gasteiger partial charge is 0.385 e. The summed E-state index contributed by atoms with van der Waals surface area (Å²) >= 11 is 0. The zero-order valence-electron chi connectivity index (χ0n) is 14.1. The SMILES string of the molecule is Cn1ccnc1C(O)C1CCCN(c2ccnc3cc(F)ccc23)C1. The minimum Gasteiger partial charge on any atom is -0.385 e. The molecule has 1 aromatic carbocycles. The number of aliphatic hydroxyl groups is 1. The van der Waals surface area contributed by atoms with Crippen LogP contribution in [0.5, 0.6) is 0 Å². The topological polar surface area (TPSA) is 54.2 Å². The minimum absolute atomic E-state index is 0.110. The van der Waals surface area contributed by atoms with E-state index in [1.165, 1.54) is 12.1 Å². The first-order valence-electron chi connectivity index (χ1n) is 8.58. The zero-order chi connectivity index (χ0) is 17.4. The van der Waals surface area contributed by atoms with Crippen molar-refractivity contribution in [3.05, 3.63) is 54.5 Å². The van der Waals surface area contributed by atoms with E-state index >= 15 is 0 Å². The highest BCUT2D eigenvalue weighted by Gasteiger charge is 2.29. The highest BCUT2D eigenvalue weighted by atomic mass is 19.1. The lowest BCUT2D eigenvalue weighted by atomic mass is 9.91. The Bertz CT molecular complexity index is 894. The third-order valence-corrected chi connectivity index (χ3v) is 5.05. The highest BCUT2D eigenvalue weighted by molar-refractivity contribution is 5.91. The molecule has 2 atom stereocenters. The van der Waals surface area contributed by atoms with Gasteiger partial charge in [0.05, 0.1) is 5.52 Å². The maximum Gasteiger partial charge on any atom is 0.137 e. The van der Waals surface area contributed by atoms with Gasteiger partial charge in [0, 0.05) is 61.8 Å². The molecule has 0 amide bonds. The second-order valence-electron chi connectivity index (χ2n) is 6.68. The Hall–Kier alpha value is -2.47. The van der Waals surface area contributed by atoms with E-state index in [-0.39, 0.29) is 11.7 Å². The van der Waals surface area contributed by atoms with Gasteiger partial charge in [-0.25, -0.2) is 9.37 Å². The average Bonchev–Trinajstić information content (AvgIpc) is 3.06. The van der Waals surface area contributed by atoms with Crippen LogP contribution in [0.1, 0.15) is 24.8 Å². The molecule has 3 heterocycles. The molecule has 1 fully saturated rings. The summed E-state index contributed by atoms with van der Waals surface area (Å²) in [5, 5.41) is 11.7. The summed E-state index contributed by atoms with van der Waals surface area (Å²) in [5.41, 5.74) is 1.70. The van der Waals surface area contributed by atoms with Gasteiger partial charge in [-0.15, -0.1) is 0 Å². The number of hydrogen-bond acceptors (Lipinski definition) is 4. The third-order valence-electron chi connectivity index (χ3n) is 5.05. The van der Waals surface area contributed by atoms with Gasteiger partial charge in [0.25, 0.3) is 0 Å². The molecule has 3 aromatic rings. The van der Waals surface area contributed by atoms with Crippen LogP contribution in [-0.2, 0) is 7.05 Å². The summed E-state index contributed by atoms with van der Waals surface area (Å²) in [6, 6.07) is 6.68. The predicted octanol–water partition coefficient (Wildman–Crippen LogP) is 3.06. The fourth-order valence-electron chi connectivity index (χ4n) is 3.74. The Balaban J connectivity index is 1.63. The van der Waals surface area contributed by atoms with Crippen LogP contribution in [0, 0.1) is 11.7 Å². The molecule has 25 heavy (non-hydrogen) atoms. The Kier molecular flexibility index (Phi) is 4.13. The van der Waals surface area contributed by atoms with E-state index in [4.69, 9.17) is 0 Å². The monoisotopic (exact) mass is 340 g/mol. The molecule has 6 heteroatoms. The van der Waals surface area contributed by atoms with Crippen LogP contribution in [0.4, 0.5) is 10.1 Å². The van der Waals surface area contributed by atoms with E-state index in [1.54, 1.807) is 18.5 Å². The first kappa shape index (κ1) is 16.0. The van der Waals surface area contributed by atoms with Crippen molar-refractivity contribution in [3.8, 4) is 0 Å². The van der Waals surface area contributed by atoms with Gasteiger partial charge in [-0.05, 0) is 31.0 Å². The first-order valence-corrected chi connectivity index (χ1v) is 8.58. The van der Waals surface area contributed by atoms with Crippen molar-refractivity contribution in [1.82, 2.24) is 14.5 Å². The number of aliphatic hydroxyl groups excluding tert-OH is 1. The van der Waals surface area contributed by atoms with Crippen LogP contribution in [0.2, 0.25) is 0 Å². The molecule has 0 spiro atoms. The Morgan fingerprint density at radius 3 is 2.92 bits per heavy atom. The maximum absolute atomic E-state index is 13.5.